The van der Waals surface area contributed by atoms with E-state index in [1.54, 1.807) is 29.2 Å². The summed E-state index contributed by atoms with van der Waals surface area (Å²) in [6.45, 7) is 0.389. The summed E-state index contributed by atoms with van der Waals surface area (Å²) < 4.78 is 0. The third kappa shape index (κ3) is 3.87. The highest BCUT2D eigenvalue weighted by molar-refractivity contribution is 7.80. The number of thiocarbonyl (C=S) groups is 1. The topological polar surface area (TPSA) is 46.9 Å². The van der Waals surface area contributed by atoms with Gasteiger partial charge in [-0.3, -0.25) is 0 Å². The zero-order valence-corrected chi connectivity index (χ0v) is 11.1. The first-order chi connectivity index (χ1) is 7.91. The molecule has 0 aliphatic heterocycles. The molecule has 0 bridgehead atoms. The molecule has 94 valence electrons. The number of benzene rings is 1. The Kier molecular flexibility index (Phi) is 4.72. The van der Waals surface area contributed by atoms with Gasteiger partial charge in [-0.2, -0.15) is 0 Å². The van der Waals surface area contributed by atoms with Crippen molar-refractivity contribution in [3.63, 3.8) is 0 Å². The summed E-state index contributed by atoms with van der Waals surface area (Å²) in [6.07, 6.45) is -0.676. The molecule has 0 aliphatic rings. The van der Waals surface area contributed by atoms with Crippen LogP contribution in [-0.4, -0.2) is 52.8 Å². The number of nitrogens with zero attached hydrogens (tertiary/aromatic N) is 2. The Balaban J connectivity index is 2.66. The number of hydrogen-bond acceptors (Lipinski definition) is 3. The zero-order valence-electron chi connectivity index (χ0n) is 10.3. The monoisotopic (exact) mass is 254 g/mol. The fourth-order valence-electron chi connectivity index (χ4n) is 1.52. The van der Waals surface area contributed by atoms with Crippen LogP contribution in [0.5, 0.6) is 5.75 Å². The van der Waals surface area contributed by atoms with E-state index in [0.29, 0.717) is 17.2 Å². The third-order valence-corrected chi connectivity index (χ3v) is 3.09. The van der Waals surface area contributed by atoms with Crippen molar-refractivity contribution < 1.29 is 10.2 Å². The van der Waals surface area contributed by atoms with Gasteiger partial charge in [0.2, 0.25) is 0 Å². The van der Waals surface area contributed by atoms with E-state index < -0.39 is 6.10 Å². The number of phenolic OH excluding ortho intramolecular Hbond substituents is 1. The highest BCUT2D eigenvalue weighted by Gasteiger charge is 2.14. The SMILES string of the molecule is CN(C)C(=S)N(C)C[C@H](O)c1cccc(O)c1. The first-order valence-electron chi connectivity index (χ1n) is 5.31. The molecular weight excluding hydrogens is 236 g/mol. The molecule has 0 radical (unpaired) electrons. The molecule has 1 rings (SSSR count). The number of aromatic hydroxyl groups is 1. The van der Waals surface area contributed by atoms with E-state index in [4.69, 9.17) is 12.2 Å². The molecule has 0 amide bonds. The highest BCUT2D eigenvalue weighted by Crippen LogP contribution is 2.18. The van der Waals surface area contributed by atoms with Crippen LogP contribution in [0.1, 0.15) is 11.7 Å². The van der Waals surface area contributed by atoms with Gasteiger partial charge in [-0.1, -0.05) is 12.1 Å². The largest absolute Gasteiger partial charge is 0.508 e. The molecule has 4 nitrogen and oxygen atoms in total. The Morgan fingerprint density at radius 2 is 2.00 bits per heavy atom. The second-order valence-electron chi connectivity index (χ2n) is 4.17. The van der Waals surface area contributed by atoms with Crippen molar-refractivity contribution in [2.75, 3.05) is 27.7 Å². The summed E-state index contributed by atoms with van der Waals surface area (Å²) in [5, 5.41) is 20.0. The Labute approximate surface area is 107 Å². The van der Waals surface area contributed by atoms with Crippen molar-refractivity contribution in [1.29, 1.82) is 0 Å². The summed E-state index contributed by atoms with van der Waals surface area (Å²) in [7, 11) is 5.55. The van der Waals surface area contributed by atoms with Crippen molar-refractivity contribution in [2.45, 2.75) is 6.10 Å². The molecule has 2 N–H and O–H groups in total. The van der Waals surface area contributed by atoms with Crippen LogP contribution in [-0.2, 0) is 0 Å². The molecule has 0 fully saturated rings. The van der Waals surface area contributed by atoms with E-state index in [0.717, 1.165) is 0 Å². The Morgan fingerprint density at radius 3 is 2.53 bits per heavy atom. The fraction of sp³-hybridized carbons (Fsp3) is 0.417. The van der Waals surface area contributed by atoms with Gasteiger partial charge in [0.25, 0.3) is 0 Å². The summed E-state index contributed by atoms with van der Waals surface area (Å²) in [5.41, 5.74) is 0.679. The van der Waals surface area contributed by atoms with E-state index in [9.17, 15) is 10.2 Å². The third-order valence-electron chi connectivity index (χ3n) is 2.41. The summed E-state index contributed by atoms with van der Waals surface area (Å²) in [6, 6.07) is 6.61. The predicted octanol–water partition coefficient (Wildman–Crippen LogP) is 1.20. The van der Waals surface area contributed by atoms with Crippen LogP contribution in [0.25, 0.3) is 0 Å². The quantitative estimate of drug-likeness (QED) is 0.794. The first-order valence-corrected chi connectivity index (χ1v) is 5.72. The van der Waals surface area contributed by atoms with Gasteiger partial charge < -0.3 is 20.0 Å². The van der Waals surface area contributed by atoms with Gasteiger partial charge in [0.05, 0.1) is 6.10 Å². The van der Waals surface area contributed by atoms with Gasteiger partial charge in [0.15, 0.2) is 5.11 Å². The lowest BCUT2D eigenvalue weighted by molar-refractivity contribution is 0.149. The molecule has 0 aliphatic carbocycles. The molecule has 0 heterocycles. The minimum atomic E-state index is -0.676. The molecule has 1 aromatic rings. The van der Waals surface area contributed by atoms with Crippen LogP contribution in [0, 0.1) is 0 Å². The molecule has 1 atom stereocenters. The van der Waals surface area contributed by atoms with E-state index >= 15 is 0 Å². The first kappa shape index (κ1) is 13.7. The van der Waals surface area contributed by atoms with E-state index in [1.807, 2.05) is 26.0 Å². The molecule has 17 heavy (non-hydrogen) atoms. The van der Waals surface area contributed by atoms with Crippen LogP contribution < -0.4 is 0 Å². The van der Waals surface area contributed by atoms with Crippen LogP contribution in [0.3, 0.4) is 0 Å². The van der Waals surface area contributed by atoms with Gasteiger partial charge in [0, 0.05) is 27.7 Å². The Morgan fingerprint density at radius 1 is 1.35 bits per heavy atom. The van der Waals surface area contributed by atoms with Crippen molar-refractivity contribution in [3.05, 3.63) is 29.8 Å². The van der Waals surface area contributed by atoms with Crippen molar-refractivity contribution >= 4 is 17.3 Å². The molecule has 0 spiro atoms. The maximum atomic E-state index is 10.0. The number of phenols is 1. The predicted molar refractivity (Wildman–Crippen MR) is 72.0 cm³/mol. The van der Waals surface area contributed by atoms with Crippen LogP contribution >= 0.6 is 12.2 Å². The zero-order chi connectivity index (χ0) is 13.0. The lowest BCUT2D eigenvalue weighted by Crippen LogP contribution is -2.38. The average molecular weight is 254 g/mol. The maximum absolute atomic E-state index is 10.0. The Hall–Kier alpha value is -1.33. The number of rotatable bonds is 3. The lowest BCUT2D eigenvalue weighted by Gasteiger charge is -2.27. The minimum Gasteiger partial charge on any atom is -0.508 e. The van der Waals surface area contributed by atoms with Gasteiger partial charge in [-0.15, -0.1) is 0 Å². The lowest BCUT2D eigenvalue weighted by atomic mass is 10.1. The van der Waals surface area contributed by atoms with Crippen molar-refractivity contribution in [1.82, 2.24) is 9.80 Å². The van der Waals surface area contributed by atoms with E-state index in [1.165, 1.54) is 0 Å². The van der Waals surface area contributed by atoms with Crippen LogP contribution in [0.4, 0.5) is 0 Å². The van der Waals surface area contributed by atoms with Gasteiger partial charge in [-0.05, 0) is 29.9 Å². The second kappa shape index (κ2) is 5.84. The van der Waals surface area contributed by atoms with Crippen LogP contribution in [0.15, 0.2) is 24.3 Å². The molecule has 5 heteroatoms. The molecule has 1 aromatic carbocycles. The minimum absolute atomic E-state index is 0.152. The number of hydrogen-bond donors (Lipinski definition) is 2. The smallest absolute Gasteiger partial charge is 0.170 e. The standard InChI is InChI=1S/C12H18N2O2S/c1-13(2)12(17)14(3)8-11(16)9-5-4-6-10(15)7-9/h4-7,11,15-16H,8H2,1-3H3/t11-/m0/s1. The summed E-state index contributed by atoms with van der Waals surface area (Å²) >= 11 is 5.19. The van der Waals surface area contributed by atoms with Crippen LogP contribution in [0.2, 0.25) is 0 Å². The molecular formula is C12H18N2O2S. The number of aliphatic hydroxyl groups excluding tert-OH is 1. The number of aliphatic hydroxyl groups is 1. The maximum Gasteiger partial charge on any atom is 0.170 e. The summed E-state index contributed by atoms with van der Waals surface area (Å²) in [4.78, 5) is 3.61. The fourth-order valence-corrected chi connectivity index (χ4v) is 1.59. The second-order valence-corrected chi connectivity index (χ2v) is 4.53. The molecule has 0 saturated heterocycles. The Bertz CT molecular complexity index is 396. The summed E-state index contributed by atoms with van der Waals surface area (Å²) in [5.74, 6) is 0.152. The van der Waals surface area contributed by atoms with Crippen molar-refractivity contribution in [3.8, 4) is 5.75 Å². The average Bonchev–Trinajstić information content (AvgIpc) is 2.27. The van der Waals surface area contributed by atoms with E-state index in [2.05, 4.69) is 0 Å². The number of likely N-dealkylation sites (N-methyl/N-ethyl adjacent to an activating group) is 1. The normalized spacial score (nSPS) is 12.0. The highest BCUT2D eigenvalue weighted by atomic mass is 32.1. The molecule has 0 unspecified atom stereocenters. The van der Waals surface area contributed by atoms with Gasteiger partial charge in [-0.25, -0.2) is 0 Å². The molecule has 0 saturated carbocycles. The molecule has 0 aromatic heterocycles. The van der Waals surface area contributed by atoms with Gasteiger partial charge >= 0.3 is 0 Å². The van der Waals surface area contributed by atoms with Gasteiger partial charge in [0.1, 0.15) is 5.75 Å². The van der Waals surface area contributed by atoms with Crippen molar-refractivity contribution in [2.24, 2.45) is 0 Å². The van der Waals surface area contributed by atoms with E-state index in [-0.39, 0.29) is 5.75 Å².